The van der Waals surface area contributed by atoms with Gasteiger partial charge in [-0.15, -0.1) is 0 Å². The van der Waals surface area contributed by atoms with Gasteiger partial charge in [0.15, 0.2) is 5.79 Å². The topological polar surface area (TPSA) is 30.9 Å². The maximum Gasteiger partial charge on any atom is 0.172 e. The van der Waals surface area contributed by atoms with E-state index in [1.807, 2.05) is 12.2 Å². The molecule has 2 unspecified atom stereocenters. The van der Waals surface area contributed by atoms with Gasteiger partial charge in [-0.2, -0.15) is 5.06 Å². The van der Waals surface area contributed by atoms with Crippen molar-refractivity contribution in [1.82, 2.24) is 5.06 Å². The quantitative estimate of drug-likeness (QED) is 0.160. The molecule has 4 heteroatoms. The van der Waals surface area contributed by atoms with Crippen molar-refractivity contribution in [2.45, 2.75) is 154 Å². The van der Waals surface area contributed by atoms with Crippen molar-refractivity contribution in [2.75, 3.05) is 6.61 Å². The van der Waals surface area contributed by atoms with E-state index in [4.69, 9.17) is 14.3 Å². The van der Waals surface area contributed by atoms with Crippen molar-refractivity contribution in [3.05, 3.63) is 37.0 Å². The van der Waals surface area contributed by atoms with Gasteiger partial charge in [0.05, 0.1) is 12.7 Å². The Morgan fingerprint density at radius 3 is 2.06 bits per heavy atom. The smallest absolute Gasteiger partial charge is 0.172 e. The van der Waals surface area contributed by atoms with Gasteiger partial charge in [-0.3, -0.25) is 4.84 Å². The van der Waals surface area contributed by atoms with Crippen LogP contribution in [-0.2, 0) is 14.3 Å². The van der Waals surface area contributed by atoms with Gasteiger partial charge in [0.2, 0.25) is 0 Å². The van der Waals surface area contributed by atoms with Crippen molar-refractivity contribution in [3.63, 3.8) is 0 Å². The van der Waals surface area contributed by atoms with Gasteiger partial charge in [-0.1, -0.05) is 103 Å². The summed E-state index contributed by atoms with van der Waals surface area (Å²) in [5, 5.41) is 2.16. The molecule has 0 aliphatic carbocycles. The highest BCUT2D eigenvalue weighted by Gasteiger charge is 2.57. The van der Waals surface area contributed by atoms with Crippen molar-refractivity contribution in [3.8, 4) is 0 Å². The van der Waals surface area contributed by atoms with Crippen LogP contribution >= 0.6 is 0 Å². The Kier molecular flexibility index (Phi) is 12.2. The van der Waals surface area contributed by atoms with E-state index in [1.54, 1.807) is 6.08 Å². The molecule has 202 valence electrons. The van der Waals surface area contributed by atoms with Crippen LogP contribution in [0.3, 0.4) is 0 Å². The number of unbranched alkanes of at least 4 members (excludes halogenated alkanes) is 9. The standard InChI is InChI=1S/C31H55NO3/c1-9-11-13-14-15-16-17-18-19-20-22-28-23-33-31(34-28)24-29(5,6)32(30(7,8)25-31)35-27(4)26(3)21-12-10-2/h10,12,21,27-28H,2-3,9,11,13-20,22-25H2,1,4-8H3/b21-12-. The minimum absolute atomic E-state index is 0.117. The van der Waals surface area contributed by atoms with E-state index in [9.17, 15) is 0 Å². The Labute approximate surface area is 217 Å². The third-order valence-electron chi connectivity index (χ3n) is 7.53. The first-order valence-corrected chi connectivity index (χ1v) is 14.3. The van der Waals surface area contributed by atoms with Crippen LogP contribution in [-0.4, -0.2) is 40.7 Å². The summed E-state index contributed by atoms with van der Waals surface area (Å²) >= 11 is 0. The van der Waals surface area contributed by atoms with Crippen molar-refractivity contribution < 1.29 is 14.3 Å². The summed E-state index contributed by atoms with van der Waals surface area (Å²) < 4.78 is 13.1. The second-order valence-electron chi connectivity index (χ2n) is 12.1. The number of hydrogen-bond acceptors (Lipinski definition) is 4. The van der Waals surface area contributed by atoms with E-state index >= 15 is 0 Å². The zero-order valence-electron chi connectivity index (χ0n) is 23.9. The molecule has 0 aromatic heterocycles. The Bertz CT molecular complexity index is 663. The van der Waals surface area contributed by atoms with Crippen LogP contribution in [0, 0.1) is 0 Å². The molecule has 2 atom stereocenters. The van der Waals surface area contributed by atoms with E-state index in [1.165, 1.54) is 64.2 Å². The normalized spacial score (nSPS) is 24.2. The third kappa shape index (κ3) is 9.46. The zero-order valence-corrected chi connectivity index (χ0v) is 23.9. The lowest BCUT2D eigenvalue weighted by atomic mass is 9.78. The molecule has 2 aliphatic heterocycles. The van der Waals surface area contributed by atoms with Crippen LogP contribution in [0.1, 0.15) is 125 Å². The first-order chi connectivity index (χ1) is 16.6. The SMILES string of the molecule is C=C/C=C\C(=C)C(C)ON1C(C)(C)CC2(CC1(C)C)OCC(CCCCCCCCCCCC)O2. The fourth-order valence-corrected chi connectivity index (χ4v) is 5.99. The highest BCUT2D eigenvalue weighted by Crippen LogP contribution is 2.49. The lowest BCUT2D eigenvalue weighted by molar-refractivity contribution is -0.345. The second kappa shape index (κ2) is 14.1. The molecule has 0 aromatic carbocycles. The molecule has 2 rings (SSSR count). The molecule has 1 spiro atoms. The van der Waals surface area contributed by atoms with Gasteiger partial charge in [-0.05, 0) is 46.6 Å². The molecule has 0 N–H and O–H groups in total. The molecule has 2 heterocycles. The van der Waals surface area contributed by atoms with Crippen LogP contribution in [0.15, 0.2) is 37.0 Å². The number of ether oxygens (including phenoxy) is 2. The number of rotatable bonds is 16. The van der Waals surface area contributed by atoms with E-state index in [0.717, 1.165) is 24.8 Å². The zero-order chi connectivity index (χ0) is 26.0. The van der Waals surface area contributed by atoms with Gasteiger partial charge in [0, 0.05) is 23.9 Å². The molecule has 2 aliphatic rings. The predicted molar refractivity (Wildman–Crippen MR) is 148 cm³/mol. The molecule has 0 saturated carbocycles. The summed E-state index contributed by atoms with van der Waals surface area (Å²) in [5.74, 6) is -0.515. The first-order valence-electron chi connectivity index (χ1n) is 14.3. The van der Waals surface area contributed by atoms with Crippen LogP contribution < -0.4 is 0 Å². The summed E-state index contributed by atoms with van der Waals surface area (Å²) in [6.45, 7) is 21.9. The fourth-order valence-electron chi connectivity index (χ4n) is 5.99. The maximum absolute atomic E-state index is 6.65. The summed E-state index contributed by atoms with van der Waals surface area (Å²) in [4.78, 5) is 6.49. The van der Waals surface area contributed by atoms with Crippen LogP contribution in [0.5, 0.6) is 0 Å². The van der Waals surface area contributed by atoms with Crippen molar-refractivity contribution in [1.29, 1.82) is 0 Å². The van der Waals surface area contributed by atoms with Crippen molar-refractivity contribution in [2.24, 2.45) is 0 Å². The number of piperidine rings is 1. The van der Waals surface area contributed by atoms with Gasteiger partial charge in [-0.25, -0.2) is 0 Å². The minimum atomic E-state index is -0.515. The maximum atomic E-state index is 6.65. The highest BCUT2D eigenvalue weighted by molar-refractivity contribution is 5.21. The van der Waals surface area contributed by atoms with Gasteiger partial charge < -0.3 is 9.47 Å². The third-order valence-corrected chi connectivity index (χ3v) is 7.53. The molecule has 4 nitrogen and oxygen atoms in total. The van der Waals surface area contributed by atoms with E-state index in [-0.39, 0.29) is 23.3 Å². The summed E-state index contributed by atoms with van der Waals surface area (Å²) in [6.07, 6.45) is 22.0. The second-order valence-corrected chi connectivity index (χ2v) is 12.1. The van der Waals surface area contributed by atoms with E-state index in [2.05, 4.69) is 59.8 Å². The molecule has 0 radical (unpaired) electrons. The monoisotopic (exact) mass is 489 g/mol. The number of hydroxylamine groups is 2. The van der Waals surface area contributed by atoms with E-state index in [0.29, 0.717) is 6.61 Å². The number of nitrogens with zero attached hydrogens (tertiary/aromatic N) is 1. The summed E-state index contributed by atoms with van der Waals surface area (Å²) in [6, 6.07) is 0. The average molecular weight is 490 g/mol. The van der Waals surface area contributed by atoms with Gasteiger partial charge in [0.25, 0.3) is 0 Å². The van der Waals surface area contributed by atoms with Gasteiger partial charge in [0.1, 0.15) is 6.10 Å². The fraction of sp³-hybridized carbons (Fsp3) is 0.806. The highest BCUT2D eigenvalue weighted by atomic mass is 16.7. The van der Waals surface area contributed by atoms with Crippen LogP contribution in [0.2, 0.25) is 0 Å². The first kappa shape index (κ1) is 30.3. The Morgan fingerprint density at radius 1 is 0.971 bits per heavy atom. The Hall–Kier alpha value is -0.940. The summed E-state index contributed by atoms with van der Waals surface area (Å²) in [7, 11) is 0. The van der Waals surface area contributed by atoms with Gasteiger partial charge >= 0.3 is 0 Å². The molecule has 0 aromatic rings. The summed E-state index contributed by atoms with van der Waals surface area (Å²) in [5.41, 5.74) is 0.469. The average Bonchev–Trinajstić information content (AvgIpc) is 3.16. The lowest BCUT2D eigenvalue weighted by Gasteiger charge is -2.56. The molecular formula is C31H55NO3. The van der Waals surface area contributed by atoms with Crippen LogP contribution in [0.4, 0.5) is 0 Å². The Balaban J connectivity index is 1.79. The molecule has 2 fully saturated rings. The molecule has 0 amide bonds. The van der Waals surface area contributed by atoms with Crippen molar-refractivity contribution >= 4 is 0 Å². The molecular weight excluding hydrogens is 434 g/mol. The molecule has 0 bridgehead atoms. The molecule has 2 saturated heterocycles. The Morgan fingerprint density at radius 2 is 1.51 bits per heavy atom. The number of allylic oxidation sites excluding steroid dienone is 2. The van der Waals surface area contributed by atoms with Crippen LogP contribution in [0.25, 0.3) is 0 Å². The molecule has 35 heavy (non-hydrogen) atoms. The lowest BCUT2D eigenvalue weighted by Crippen LogP contribution is -2.66. The predicted octanol–water partition coefficient (Wildman–Crippen LogP) is 8.68. The number of hydrogen-bond donors (Lipinski definition) is 0. The largest absolute Gasteiger partial charge is 0.347 e. The minimum Gasteiger partial charge on any atom is -0.347 e. The van der Waals surface area contributed by atoms with E-state index < -0.39 is 5.79 Å².